The molecule has 0 aliphatic rings. The fourth-order valence-corrected chi connectivity index (χ4v) is 1.92. The second-order valence-electron chi connectivity index (χ2n) is 3.64. The zero-order chi connectivity index (χ0) is 11.4. The van der Waals surface area contributed by atoms with Gasteiger partial charge in [-0.25, -0.2) is 0 Å². The van der Waals surface area contributed by atoms with Gasteiger partial charge in [-0.05, 0) is 31.5 Å². The number of hydrogen-bond acceptors (Lipinski definition) is 2. The Morgan fingerprint density at radius 2 is 2.13 bits per heavy atom. The topological polar surface area (TPSA) is 20.3 Å². The lowest BCUT2D eigenvalue weighted by Gasteiger charge is -2.21. The van der Waals surface area contributed by atoms with E-state index in [2.05, 4.69) is 27.8 Å². The molecular weight excluding hydrogens is 254 g/mol. The fourth-order valence-electron chi connectivity index (χ4n) is 1.57. The zero-order valence-corrected chi connectivity index (χ0v) is 11.0. The first kappa shape index (κ1) is 12.2. The number of hydrogen-bond donors (Lipinski definition) is 0. The molecule has 2 nitrogen and oxygen atoms in total. The molecule has 0 aliphatic carbocycles. The van der Waals surface area contributed by atoms with Crippen molar-refractivity contribution in [3.63, 3.8) is 0 Å². The van der Waals surface area contributed by atoms with E-state index in [0.717, 1.165) is 28.7 Å². The molecule has 0 saturated carbocycles. The van der Waals surface area contributed by atoms with Crippen molar-refractivity contribution >= 4 is 27.4 Å². The number of benzene rings is 1. The van der Waals surface area contributed by atoms with Gasteiger partial charge in [0.25, 0.3) is 0 Å². The number of Topliss-reactive ketones (excluding diaryl/α,β-unsaturated/α-hetero) is 1. The lowest BCUT2D eigenvalue weighted by Crippen LogP contribution is -2.20. The van der Waals surface area contributed by atoms with Gasteiger partial charge in [-0.3, -0.25) is 4.79 Å². The maximum absolute atomic E-state index is 11.4. The highest BCUT2D eigenvalue weighted by molar-refractivity contribution is 9.10. The Morgan fingerprint density at radius 1 is 1.47 bits per heavy atom. The van der Waals surface area contributed by atoms with Crippen molar-refractivity contribution in [2.24, 2.45) is 0 Å². The summed E-state index contributed by atoms with van der Waals surface area (Å²) in [6.07, 6.45) is 1.07. The predicted molar refractivity (Wildman–Crippen MR) is 67.7 cm³/mol. The molecule has 15 heavy (non-hydrogen) atoms. The number of rotatable bonds is 4. The smallest absolute Gasteiger partial charge is 0.161 e. The van der Waals surface area contributed by atoms with Gasteiger partial charge in [-0.15, -0.1) is 0 Å². The van der Waals surface area contributed by atoms with Crippen molar-refractivity contribution in [2.75, 3.05) is 18.5 Å². The molecule has 0 saturated heterocycles. The van der Waals surface area contributed by atoms with Crippen molar-refractivity contribution in [2.45, 2.75) is 20.3 Å². The number of carbonyl (C=O) groups is 1. The molecule has 1 rings (SSSR count). The molecule has 0 atom stereocenters. The summed E-state index contributed by atoms with van der Waals surface area (Å²) >= 11 is 3.43. The van der Waals surface area contributed by atoms with Gasteiger partial charge in [-0.1, -0.05) is 22.9 Å². The minimum absolute atomic E-state index is 0.112. The van der Waals surface area contributed by atoms with Gasteiger partial charge < -0.3 is 4.90 Å². The van der Waals surface area contributed by atoms with E-state index in [1.165, 1.54) is 0 Å². The molecule has 0 heterocycles. The van der Waals surface area contributed by atoms with Crippen LogP contribution in [0.2, 0.25) is 0 Å². The Hall–Kier alpha value is -0.830. The lowest BCUT2D eigenvalue weighted by molar-refractivity contribution is 0.101. The Balaban J connectivity index is 3.12. The number of anilines is 1. The molecule has 1 aromatic rings. The molecule has 0 fully saturated rings. The van der Waals surface area contributed by atoms with E-state index in [9.17, 15) is 4.79 Å². The van der Waals surface area contributed by atoms with Crippen LogP contribution in [0.5, 0.6) is 0 Å². The molecular formula is C12H16BrNO. The largest absolute Gasteiger partial charge is 0.374 e. The van der Waals surface area contributed by atoms with Gasteiger partial charge in [0, 0.05) is 29.3 Å². The van der Waals surface area contributed by atoms with Crippen molar-refractivity contribution < 1.29 is 4.79 Å². The van der Waals surface area contributed by atoms with Gasteiger partial charge in [-0.2, -0.15) is 0 Å². The van der Waals surface area contributed by atoms with Gasteiger partial charge in [0.15, 0.2) is 5.78 Å². The summed E-state index contributed by atoms with van der Waals surface area (Å²) in [6, 6.07) is 5.76. The molecule has 82 valence electrons. The zero-order valence-electron chi connectivity index (χ0n) is 9.38. The minimum atomic E-state index is 0.112. The molecule has 0 aromatic heterocycles. The van der Waals surface area contributed by atoms with E-state index in [1.54, 1.807) is 6.92 Å². The molecule has 0 aliphatic heterocycles. The van der Waals surface area contributed by atoms with E-state index in [0.29, 0.717) is 0 Å². The maximum atomic E-state index is 11.4. The summed E-state index contributed by atoms with van der Waals surface area (Å²) in [5.41, 5.74) is 1.79. The van der Waals surface area contributed by atoms with Crippen molar-refractivity contribution in [3.05, 3.63) is 28.2 Å². The Bertz CT molecular complexity index is 363. The second-order valence-corrected chi connectivity index (χ2v) is 4.55. The molecule has 0 spiro atoms. The summed E-state index contributed by atoms with van der Waals surface area (Å²) in [5.74, 6) is 0.112. The van der Waals surface area contributed by atoms with Gasteiger partial charge >= 0.3 is 0 Å². The highest BCUT2D eigenvalue weighted by Gasteiger charge is 2.10. The molecule has 0 amide bonds. The van der Waals surface area contributed by atoms with Crippen LogP contribution in [0.1, 0.15) is 30.6 Å². The van der Waals surface area contributed by atoms with Crippen LogP contribution in [0, 0.1) is 0 Å². The van der Waals surface area contributed by atoms with Crippen LogP contribution in [0.25, 0.3) is 0 Å². The summed E-state index contributed by atoms with van der Waals surface area (Å²) < 4.78 is 1.01. The van der Waals surface area contributed by atoms with Crippen molar-refractivity contribution in [1.82, 2.24) is 0 Å². The van der Waals surface area contributed by atoms with Crippen LogP contribution < -0.4 is 4.90 Å². The van der Waals surface area contributed by atoms with Crippen LogP contribution in [0.3, 0.4) is 0 Å². The number of carbonyl (C=O) groups excluding carboxylic acids is 1. The molecule has 3 heteroatoms. The average molecular weight is 270 g/mol. The summed E-state index contributed by atoms with van der Waals surface area (Å²) in [4.78, 5) is 13.6. The standard InChI is InChI=1S/C12H16BrNO/c1-4-7-14(3)12-8-10(13)5-6-11(12)9(2)15/h5-6,8H,4,7H2,1-3H3. The van der Waals surface area contributed by atoms with Crippen molar-refractivity contribution in [3.8, 4) is 0 Å². The molecule has 0 unspecified atom stereocenters. The molecule has 0 bridgehead atoms. The van der Waals surface area contributed by atoms with Crippen LogP contribution in [0.15, 0.2) is 22.7 Å². The maximum Gasteiger partial charge on any atom is 0.161 e. The number of halogens is 1. The van der Waals surface area contributed by atoms with E-state index in [4.69, 9.17) is 0 Å². The Labute approximate surface area is 99.4 Å². The van der Waals surface area contributed by atoms with Crippen LogP contribution in [-0.2, 0) is 0 Å². The first-order valence-corrected chi connectivity index (χ1v) is 5.87. The normalized spacial score (nSPS) is 10.1. The number of ketones is 1. The van der Waals surface area contributed by atoms with Crippen molar-refractivity contribution in [1.29, 1.82) is 0 Å². The number of nitrogens with zero attached hydrogens (tertiary/aromatic N) is 1. The monoisotopic (exact) mass is 269 g/mol. The minimum Gasteiger partial charge on any atom is -0.374 e. The van der Waals surface area contributed by atoms with E-state index >= 15 is 0 Å². The fraction of sp³-hybridized carbons (Fsp3) is 0.417. The first-order valence-electron chi connectivity index (χ1n) is 5.08. The quantitative estimate of drug-likeness (QED) is 0.780. The highest BCUT2D eigenvalue weighted by Crippen LogP contribution is 2.24. The third kappa shape index (κ3) is 3.06. The summed E-state index contributed by atoms with van der Waals surface area (Å²) in [7, 11) is 2.01. The second kappa shape index (κ2) is 5.31. The van der Waals surface area contributed by atoms with Crippen LogP contribution in [-0.4, -0.2) is 19.4 Å². The third-order valence-electron chi connectivity index (χ3n) is 2.31. The van der Waals surface area contributed by atoms with Gasteiger partial charge in [0.2, 0.25) is 0 Å². The molecule has 1 aromatic carbocycles. The van der Waals surface area contributed by atoms with E-state index in [-0.39, 0.29) is 5.78 Å². The van der Waals surface area contributed by atoms with E-state index < -0.39 is 0 Å². The Morgan fingerprint density at radius 3 is 2.67 bits per heavy atom. The van der Waals surface area contributed by atoms with Gasteiger partial charge in [0.05, 0.1) is 0 Å². The lowest BCUT2D eigenvalue weighted by atomic mass is 10.1. The summed E-state index contributed by atoms with van der Waals surface area (Å²) in [5, 5.41) is 0. The molecule has 0 radical (unpaired) electrons. The third-order valence-corrected chi connectivity index (χ3v) is 2.80. The Kier molecular flexibility index (Phi) is 4.33. The average Bonchev–Trinajstić information content (AvgIpc) is 2.17. The molecule has 0 N–H and O–H groups in total. The first-order chi connectivity index (χ1) is 7.06. The highest BCUT2D eigenvalue weighted by atomic mass is 79.9. The van der Waals surface area contributed by atoms with Crippen LogP contribution in [0.4, 0.5) is 5.69 Å². The van der Waals surface area contributed by atoms with E-state index in [1.807, 2.05) is 25.2 Å². The summed E-state index contributed by atoms with van der Waals surface area (Å²) in [6.45, 7) is 4.69. The SMILES string of the molecule is CCCN(C)c1cc(Br)ccc1C(C)=O. The van der Waals surface area contributed by atoms with Crippen LogP contribution >= 0.6 is 15.9 Å². The van der Waals surface area contributed by atoms with Gasteiger partial charge in [0.1, 0.15) is 0 Å². The predicted octanol–water partition coefficient (Wildman–Crippen LogP) is 3.50.